The van der Waals surface area contributed by atoms with Gasteiger partial charge in [-0.1, -0.05) is 140 Å². The molecule has 1 atom stereocenters. The van der Waals surface area contributed by atoms with E-state index in [1.807, 2.05) is 0 Å². The SMILES string of the molecule is c1ccc(N(c2ccccc2)c2ccc3c(c2)-c2ccccc2[Si]32c3ccccc3-c3cc(-c4cc5c6c(c4)Oc4ccccc4B6c4ccccc4O5)ccc32)cc1. The third-order valence-electron chi connectivity index (χ3n) is 13.0. The molecule has 0 saturated heterocycles. The fraction of sp³-hybridized carbons (Fsp3) is 0. The van der Waals surface area contributed by atoms with E-state index in [-0.39, 0.29) is 6.71 Å². The Bertz CT molecular complexity index is 3090. The molecule has 0 radical (unpaired) electrons. The molecular weight excluding hydrogens is 733 g/mol. The highest BCUT2D eigenvalue weighted by Gasteiger charge is 2.54. The number of nitrogens with zero attached hydrogens (tertiary/aromatic N) is 1. The Hall–Kier alpha value is -7.34. The van der Waals surface area contributed by atoms with Gasteiger partial charge in [-0.3, -0.25) is 0 Å². The van der Waals surface area contributed by atoms with Crippen LogP contribution in [0.15, 0.2) is 206 Å². The molecule has 9 aromatic carbocycles. The van der Waals surface area contributed by atoms with Gasteiger partial charge >= 0.3 is 0 Å². The Morgan fingerprint density at radius 2 is 0.814 bits per heavy atom. The highest BCUT2D eigenvalue weighted by molar-refractivity contribution is 7.24. The Balaban J connectivity index is 0.989. The number of hydrogen-bond acceptors (Lipinski definition) is 3. The maximum absolute atomic E-state index is 6.71. The first-order valence-electron chi connectivity index (χ1n) is 20.4. The fourth-order valence-electron chi connectivity index (χ4n) is 10.6. The summed E-state index contributed by atoms with van der Waals surface area (Å²) in [6.45, 7) is 0.0530. The van der Waals surface area contributed by atoms with E-state index in [9.17, 15) is 0 Å². The molecule has 274 valence electrons. The van der Waals surface area contributed by atoms with Crippen LogP contribution in [-0.4, -0.2) is 14.8 Å². The molecule has 5 heteroatoms. The molecule has 0 aliphatic carbocycles. The second kappa shape index (κ2) is 12.3. The quantitative estimate of drug-likeness (QED) is 0.167. The molecule has 13 rings (SSSR count). The van der Waals surface area contributed by atoms with Gasteiger partial charge in [0, 0.05) is 22.5 Å². The number of fused-ring (bicyclic) bond motifs is 14. The van der Waals surface area contributed by atoms with Crippen molar-refractivity contribution < 1.29 is 9.47 Å². The highest BCUT2D eigenvalue weighted by atomic mass is 28.3. The summed E-state index contributed by atoms with van der Waals surface area (Å²) in [6.07, 6.45) is 0. The summed E-state index contributed by atoms with van der Waals surface area (Å²) >= 11 is 0. The van der Waals surface area contributed by atoms with E-state index in [0.717, 1.165) is 56.6 Å². The summed E-state index contributed by atoms with van der Waals surface area (Å²) in [5.41, 5.74) is 14.4. The lowest BCUT2D eigenvalue weighted by atomic mass is 9.35. The molecule has 0 amide bonds. The van der Waals surface area contributed by atoms with Gasteiger partial charge in [0.2, 0.25) is 0 Å². The highest BCUT2D eigenvalue weighted by Crippen LogP contribution is 2.43. The summed E-state index contributed by atoms with van der Waals surface area (Å²) in [6, 6.07) is 75.5. The number of anilines is 3. The van der Waals surface area contributed by atoms with Crippen molar-refractivity contribution in [3.05, 3.63) is 206 Å². The van der Waals surface area contributed by atoms with Crippen LogP contribution in [-0.2, 0) is 0 Å². The summed E-state index contributed by atoms with van der Waals surface area (Å²) in [4.78, 5) is 2.37. The fourth-order valence-corrected chi connectivity index (χ4v) is 16.2. The van der Waals surface area contributed by atoms with Crippen molar-refractivity contribution in [3.63, 3.8) is 0 Å². The lowest BCUT2D eigenvalue weighted by Gasteiger charge is -2.33. The maximum atomic E-state index is 6.71. The van der Waals surface area contributed by atoms with Gasteiger partial charge in [0.25, 0.3) is 6.71 Å². The molecule has 0 bridgehead atoms. The van der Waals surface area contributed by atoms with E-state index in [1.165, 1.54) is 53.9 Å². The summed E-state index contributed by atoms with van der Waals surface area (Å²) in [7, 11) is -2.68. The first-order valence-corrected chi connectivity index (χ1v) is 22.4. The molecule has 4 heterocycles. The molecule has 1 spiro atoms. The van der Waals surface area contributed by atoms with Crippen LogP contribution in [0.1, 0.15) is 0 Å². The molecule has 0 aromatic heterocycles. The van der Waals surface area contributed by atoms with Crippen molar-refractivity contribution >= 4 is 69.0 Å². The Kier molecular flexibility index (Phi) is 6.84. The lowest BCUT2D eigenvalue weighted by molar-refractivity contribution is 0.465. The molecule has 4 aliphatic rings. The van der Waals surface area contributed by atoms with Gasteiger partial charge in [-0.25, -0.2) is 0 Å². The van der Waals surface area contributed by atoms with Crippen LogP contribution in [0, 0.1) is 0 Å². The van der Waals surface area contributed by atoms with Crippen molar-refractivity contribution in [2.45, 2.75) is 0 Å². The Morgan fingerprint density at radius 3 is 1.41 bits per heavy atom. The van der Waals surface area contributed by atoms with Crippen molar-refractivity contribution in [3.8, 4) is 56.4 Å². The lowest BCUT2D eigenvalue weighted by Crippen LogP contribution is -2.70. The van der Waals surface area contributed by atoms with Crippen LogP contribution in [0.25, 0.3) is 33.4 Å². The predicted octanol–water partition coefficient (Wildman–Crippen LogP) is 8.89. The van der Waals surface area contributed by atoms with Crippen LogP contribution in [0.2, 0.25) is 0 Å². The molecule has 1 unspecified atom stereocenters. The van der Waals surface area contributed by atoms with Crippen LogP contribution >= 0.6 is 0 Å². The largest absolute Gasteiger partial charge is 0.458 e. The van der Waals surface area contributed by atoms with Crippen molar-refractivity contribution in [2.75, 3.05) is 4.90 Å². The monoisotopic (exact) mass is 767 g/mol. The second-order valence-electron chi connectivity index (χ2n) is 15.9. The Morgan fingerprint density at radius 1 is 0.339 bits per heavy atom. The van der Waals surface area contributed by atoms with Gasteiger partial charge in [0.05, 0.1) is 0 Å². The zero-order valence-electron chi connectivity index (χ0n) is 32.0. The standard InChI is InChI=1S/C54H34BNO2Si/c1-3-15-37(16-4-1)56(38-17-5-2-6-18-38)39-28-30-53-43(34-39)41-20-8-14-26-51(41)59(53)50-25-13-7-19-40(50)42-31-35(27-29-52(42)59)36-32-48-54-49(33-36)58-47-24-12-10-22-45(47)55(54)44-21-9-11-23-46(44)57-48/h1-34H. The first-order chi connectivity index (χ1) is 29.3. The van der Waals surface area contributed by atoms with Gasteiger partial charge in [-0.15, -0.1) is 0 Å². The number of benzene rings is 9. The minimum atomic E-state index is -2.68. The molecular formula is C54H34BNO2Si. The van der Waals surface area contributed by atoms with E-state index in [1.54, 1.807) is 0 Å². The van der Waals surface area contributed by atoms with Gasteiger partial charge in [-0.05, 0) is 132 Å². The number of para-hydroxylation sites is 4. The number of ether oxygens (including phenoxy) is 2. The van der Waals surface area contributed by atoms with Gasteiger partial charge in [0.1, 0.15) is 23.0 Å². The van der Waals surface area contributed by atoms with E-state index in [0.29, 0.717) is 0 Å². The number of rotatable bonds is 4. The average Bonchev–Trinajstić information content (AvgIpc) is 3.76. The van der Waals surface area contributed by atoms with Crippen molar-refractivity contribution in [2.24, 2.45) is 0 Å². The average molecular weight is 768 g/mol. The van der Waals surface area contributed by atoms with Crippen LogP contribution in [0.4, 0.5) is 17.1 Å². The second-order valence-corrected chi connectivity index (χ2v) is 19.6. The molecule has 9 aromatic rings. The van der Waals surface area contributed by atoms with Crippen molar-refractivity contribution in [1.29, 1.82) is 0 Å². The zero-order valence-corrected chi connectivity index (χ0v) is 33.0. The maximum Gasteiger partial charge on any atom is 0.260 e. The third kappa shape index (κ3) is 4.53. The number of hydrogen-bond donors (Lipinski definition) is 0. The minimum absolute atomic E-state index is 0.0530. The normalized spacial score (nSPS) is 15.4. The van der Waals surface area contributed by atoms with E-state index < -0.39 is 8.07 Å². The topological polar surface area (TPSA) is 21.7 Å². The Labute approximate surface area is 344 Å². The van der Waals surface area contributed by atoms with Gasteiger partial charge in [0.15, 0.2) is 8.07 Å². The van der Waals surface area contributed by atoms with E-state index >= 15 is 0 Å². The summed E-state index contributed by atoms with van der Waals surface area (Å²) in [5, 5.41) is 5.81. The molecule has 0 fully saturated rings. The molecule has 4 aliphatic heterocycles. The van der Waals surface area contributed by atoms with Crippen molar-refractivity contribution in [1.82, 2.24) is 0 Å². The third-order valence-corrected chi connectivity index (χ3v) is 18.0. The van der Waals surface area contributed by atoms with Gasteiger partial charge < -0.3 is 14.4 Å². The van der Waals surface area contributed by atoms with Crippen LogP contribution in [0.3, 0.4) is 0 Å². The zero-order chi connectivity index (χ0) is 38.7. The summed E-state index contributed by atoms with van der Waals surface area (Å²) in [5.74, 6) is 3.52. The van der Waals surface area contributed by atoms with Crippen LogP contribution < -0.4 is 51.5 Å². The minimum Gasteiger partial charge on any atom is -0.458 e. The molecule has 3 nitrogen and oxygen atoms in total. The smallest absolute Gasteiger partial charge is 0.260 e. The van der Waals surface area contributed by atoms with Crippen LogP contribution in [0.5, 0.6) is 23.0 Å². The van der Waals surface area contributed by atoms with E-state index in [2.05, 4.69) is 211 Å². The first kappa shape index (κ1) is 32.7. The molecule has 0 saturated carbocycles. The summed E-state index contributed by atoms with van der Waals surface area (Å²) < 4.78 is 13.4. The van der Waals surface area contributed by atoms with Gasteiger partial charge in [-0.2, -0.15) is 0 Å². The molecule has 59 heavy (non-hydrogen) atoms. The van der Waals surface area contributed by atoms with E-state index in [4.69, 9.17) is 9.47 Å². The molecule has 0 N–H and O–H groups in total. The predicted molar refractivity (Wildman–Crippen MR) is 246 cm³/mol.